The van der Waals surface area contributed by atoms with Crippen LogP contribution in [0.5, 0.6) is 0 Å². The molecule has 14 heavy (non-hydrogen) atoms. The van der Waals surface area contributed by atoms with E-state index in [4.69, 9.17) is 5.26 Å². The first-order valence-electron chi connectivity index (χ1n) is 5.34. The van der Waals surface area contributed by atoms with Crippen LogP contribution in [-0.2, 0) is 4.79 Å². The third-order valence-electron chi connectivity index (χ3n) is 3.73. The summed E-state index contributed by atoms with van der Waals surface area (Å²) in [6, 6.07) is 2.17. The summed E-state index contributed by atoms with van der Waals surface area (Å²) in [5, 5.41) is 12.0. The predicted octanol–water partition coefficient (Wildman–Crippen LogP) is 1.74. The third kappa shape index (κ3) is 1.30. The van der Waals surface area contributed by atoms with Gasteiger partial charge in [-0.15, -0.1) is 0 Å². The molecule has 0 saturated heterocycles. The fourth-order valence-electron chi connectivity index (χ4n) is 2.15. The molecule has 2 saturated carbocycles. The summed E-state index contributed by atoms with van der Waals surface area (Å²) in [5.74, 6) is -0.0338. The van der Waals surface area contributed by atoms with Gasteiger partial charge in [-0.25, -0.2) is 0 Å². The van der Waals surface area contributed by atoms with Gasteiger partial charge in [0.05, 0.1) is 6.07 Å². The lowest BCUT2D eigenvalue weighted by Crippen LogP contribution is -2.56. The van der Waals surface area contributed by atoms with Crippen LogP contribution in [0.1, 0.15) is 45.4 Å². The Labute approximate surface area is 84.5 Å². The molecule has 0 aromatic carbocycles. The Kier molecular flexibility index (Phi) is 2.02. The van der Waals surface area contributed by atoms with Gasteiger partial charge in [0.2, 0.25) is 5.91 Å². The number of rotatable bonds is 2. The Bertz CT molecular complexity index is 295. The van der Waals surface area contributed by atoms with Gasteiger partial charge in [0.25, 0.3) is 0 Å². The average molecular weight is 192 g/mol. The molecule has 2 aliphatic rings. The number of nitrogens with zero attached hydrogens (tertiary/aromatic N) is 1. The molecule has 1 amide bonds. The van der Waals surface area contributed by atoms with Crippen LogP contribution in [0, 0.1) is 16.7 Å². The van der Waals surface area contributed by atoms with Crippen molar-refractivity contribution in [1.82, 2.24) is 5.32 Å². The van der Waals surface area contributed by atoms with Crippen LogP contribution in [0.2, 0.25) is 0 Å². The average Bonchev–Trinajstić information content (AvgIpc) is 2.00. The topological polar surface area (TPSA) is 52.9 Å². The van der Waals surface area contributed by atoms with Crippen LogP contribution in [-0.4, -0.2) is 11.4 Å². The molecule has 76 valence electrons. The summed E-state index contributed by atoms with van der Waals surface area (Å²) < 4.78 is 0. The van der Waals surface area contributed by atoms with E-state index in [0.717, 1.165) is 32.1 Å². The van der Waals surface area contributed by atoms with Crippen molar-refractivity contribution in [1.29, 1.82) is 5.26 Å². The highest BCUT2D eigenvalue weighted by Gasteiger charge is 2.47. The fraction of sp³-hybridized carbons (Fsp3) is 0.818. The molecular weight excluding hydrogens is 176 g/mol. The highest BCUT2D eigenvalue weighted by Crippen LogP contribution is 2.42. The van der Waals surface area contributed by atoms with Crippen LogP contribution >= 0.6 is 0 Å². The fourth-order valence-corrected chi connectivity index (χ4v) is 2.15. The number of nitriles is 1. The van der Waals surface area contributed by atoms with E-state index < -0.39 is 5.41 Å². The smallest absolute Gasteiger partial charge is 0.240 e. The van der Waals surface area contributed by atoms with E-state index in [1.165, 1.54) is 6.42 Å². The van der Waals surface area contributed by atoms with Crippen LogP contribution in [0.3, 0.4) is 0 Å². The molecule has 1 N–H and O–H groups in total. The van der Waals surface area contributed by atoms with E-state index in [-0.39, 0.29) is 11.4 Å². The van der Waals surface area contributed by atoms with Crippen molar-refractivity contribution in [3.63, 3.8) is 0 Å². The maximum absolute atomic E-state index is 11.9. The van der Waals surface area contributed by atoms with E-state index in [9.17, 15) is 4.79 Å². The van der Waals surface area contributed by atoms with Crippen LogP contribution in [0.25, 0.3) is 0 Å². The SMILES string of the molecule is CC1(NC(=O)C2(C#N)CCC2)CCC1. The number of carbonyl (C=O) groups excluding carboxylic acids is 1. The van der Waals surface area contributed by atoms with E-state index in [0.29, 0.717) is 0 Å². The van der Waals surface area contributed by atoms with Crippen molar-refractivity contribution >= 4 is 5.91 Å². The molecule has 2 rings (SSSR count). The van der Waals surface area contributed by atoms with Gasteiger partial charge in [0, 0.05) is 5.54 Å². The molecule has 0 atom stereocenters. The summed E-state index contributed by atoms with van der Waals surface area (Å²) in [7, 11) is 0. The van der Waals surface area contributed by atoms with Crippen molar-refractivity contribution < 1.29 is 4.79 Å². The Morgan fingerprint density at radius 2 is 1.86 bits per heavy atom. The molecular formula is C11H16N2O. The number of hydrogen-bond donors (Lipinski definition) is 1. The lowest BCUT2D eigenvalue weighted by Gasteiger charge is -2.43. The lowest BCUT2D eigenvalue weighted by atomic mass is 9.68. The maximum Gasteiger partial charge on any atom is 0.240 e. The van der Waals surface area contributed by atoms with Crippen LogP contribution in [0.15, 0.2) is 0 Å². The van der Waals surface area contributed by atoms with E-state index in [1.54, 1.807) is 0 Å². The number of nitrogens with one attached hydrogen (secondary N) is 1. The Hall–Kier alpha value is -1.04. The van der Waals surface area contributed by atoms with Crippen molar-refractivity contribution in [2.24, 2.45) is 5.41 Å². The molecule has 2 fully saturated rings. The number of carbonyl (C=O) groups is 1. The summed E-state index contributed by atoms with van der Waals surface area (Å²) in [4.78, 5) is 11.9. The second-order valence-electron chi connectivity index (χ2n) is 4.92. The first kappa shape index (κ1) is 9.51. The molecule has 3 nitrogen and oxygen atoms in total. The Morgan fingerprint density at radius 1 is 1.29 bits per heavy atom. The highest BCUT2D eigenvalue weighted by molar-refractivity contribution is 5.87. The second-order valence-corrected chi connectivity index (χ2v) is 4.92. The van der Waals surface area contributed by atoms with E-state index >= 15 is 0 Å². The van der Waals surface area contributed by atoms with E-state index in [1.807, 2.05) is 0 Å². The quantitative estimate of drug-likeness (QED) is 0.724. The molecule has 0 spiro atoms. The maximum atomic E-state index is 11.9. The summed E-state index contributed by atoms with van der Waals surface area (Å²) in [5.41, 5.74) is -0.699. The zero-order valence-electron chi connectivity index (χ0n) is 8.60. The van der Waals surface area contributed by atoms with Crippen molar-refractivity contribution in [3.05, 3.63) is 0 Å². The van der Waals surface area contributed by atoms with Crippen LogP contribution in [0.4, 0.5) is 0 Å². The zero-order chi connectivity index (χ0) is 10.2. The largest absolute Gasteiger partial charge is 0.350 e. The minimum Gasteiger partial charge on any atom is -0.350 e. The highest BCUT2D eigenvalue weighted by atomic mass is 16.2. The lowest BCUT2D eigenvalue weighted by molar-refractivity contribution is -0.134. The first-order chi connectivity index (χ1) is 6.60. The normalized spacial score (nSPS) is 26.6. The van der Waals surface area contributed by atoms with Crippen molar-refractivity contribution in [3.8, 4) is 6.07 Å². The van der Waals surface area contributed by atoms with Crippen molar-refractivity contribution in [2.75, 3.05) is 0 Å². The molecule has 0 unspecified atom stereocenters. The molecule has 0 aliphatic heterocycles. The van der Waals surface area contributed by atoms with Gasteiger partial charge >= 0.3 is 0 Å². The van der Waals surface area contributed by atoms with Gasteiger partial charge in [-0.2, -0.15) is 5.26 Å². The van der Waals surface area contributed by atoms with Gasteiger partial charge in [-0.05, 0) is 45.4 Å². The third-order valence-corrected chi connectivity index (χ3v) is 3.73. The van der Waals surface area contributed by atoms with Gasteiger partial charge < -0.3 is 5.32 Å². The van der Waals surface area contributed by atoms with Gasteiger partial charge in [-0.1, -0.05) is 0 Å². The second kappa shape index (κ2) is 2.98. The van der Waals surface area contributed by atoms with Gasteiger partial charge in [0.15, 0.2) is 0 Å². The minimum absolute atomic E-state index is 0.0173. The van der Waals surface area contributed by atoms with Crippen molar-refractivity contribution in [2.45, 2.75) is 51.0 Å². The molecule has 0 aromatic rings. The molecule has 0 heterocycles. The summed E-state index contributed by atoms with van der Waals surface area (Å²) in [6.45, 7) is 2.07. The predicted molar refractivity (Wildman–Crippen MR) is 52.3 cm³/mol. The van der Waals surface area contributed by atoms with Gasteiger partial charge in [-0.3, -0.25) is 4.79 Å². The molecule has 2 aliphatic carbocycles. The standard InChI is InChI=1S/C11H16N2O/c1-10(4-2-5-10)13-9(14)11(8-12)6-3-7-11/h2-7H2,1H3,(H,13,14). The first-order valence-corrected chi connectivity index (χ1v) is 5.34. The molecule has 3 heteroatoms. The summed E-state index contributed by atoms with van der Waals surface area (Å²) in [6.07, 6.45) is 5.80. The Balaban J connectivity index is 1.98. The summed E-state index contributed by atoms with van der Waals surface area (Å²) >= 11 is 0. The monoisotopic (exact) mass is 192 g/mol. The number of hydrogen-bond acceptors (Lipinski definition) is 2. The Morgan fingerprint density at radius 3 is 2.14 bits per heavy atom. The number of amides is 1. The van der Waals surface area contributed by atoms with Crippen LogP contribution < -0.4 is 5.32 Å². The van der Waals surface area contributed by atoms with Gasteiger partial charge in [0.1, 0.15) is 5.41 Å². The molecule has 0 radical (unpaired) electrons. The molecule has 0 aromatic heterocycles. The minimum atomic E-state index is -0.682. The van der Waals surface area contributed by atoms with E-state index in [2.05, 4.69) is 18.3 Å². The zero-order valence-corrected chi connectivity index (χ0v) is 8.60. The molecule has 0 bridgehead atoms.